The van der Waals surface area contributed by atoms with Crippen LogP contribution in [0.25, 0.3) is 22.4 Å². The minimum Gasteiger partial charge on any atom is -0.426 e. The van der Waals surface area contributed by atoms with Gasteiger partial charge in [-0.25, -0.2) is 4.98 Å². The molecule has 1 fully saturated rings. The number of rotatable bonds is 7. The smallest absolute Gasteiger partial charge is 0.301 e. The van der Waals surface area contributed by atoms with Crippen molar-refractivity contribution in [3.63, 3.8) is 0 Å². The second-order valence-electron chi connectivity index (χ2n) is 8.23. The molecule has 0 spiro atoms. The molecule has 4 aromatic rings. The Morgan fingerprint density at radius 3 is 2.52 bits per heavy atom. The van der Waals surface area contributed by atoms with E-state index in [4.69, 9.17) is 26.1 Å². The Morgan fingerprint density at radius 1 is 1.03 bits per heavy atom. The van der Waals surface area contributed by atoms with Gasteiger partial charge in [0.15, 0.2) is 5.65 Å². The number of H-pyrrole nitrogens is 1. The molecule has 7 heteroatoms. The molecule has 6 nitrogen and oxygen atoms in total. The molecule has 1 N–H and O–H groups in total. The molecule has 0 bridgehead atoms. The fourth-order valence-corrected chi connectivity index (χ4v) is 4.28. The molecule has 2 aromatic carbocycles. The standard InChI is InChI=1S/C26H27ClN4O2/c1-2-3-4-18-5-11-21(12-6-18)33-26-28-23-17-22(27)24(29-25(23)30-26)19-7-9-20(10-8-19)31-13-15-32-16-14-31/h5-12,17H,2-4,13-16H2,1H3,(H,28,29,30). The number of imidazole rings is 1. The number of fused-ring (bicyclic) bond motifs is 1. The van der Waals surface area contributed by atoms with E-state index in [0.717, 1.165) is 49.6 Å². The van der Waals surface area contributed by atoms with Crippen LogP contribution in [0.1, 0.15) is 25.3 Å². The largest absolute Gasteiger partial charge is 0.426 e. The maximum atomic E-state index is 6.58. The minimum atomic E-state index is 0.398. The number of aryl methyl sites for hydroxylation is 1. The van der Waals surface area contributed by atoms with Crippen molar-refractivity contribution in [2.24, 2.45) is 0 Å². The Hall–Kier alpha value is -3.09. The van der Waals surface area contributed by atoms with Crippen LogP contribution < -0.4 is 9.64 Å². The first-order valence-electron chi connectivity index (χ1n) is 11.5. The van der Waals surface area contributed by atoms with Gasteiger partial charge in [0.1, 0.15) is 5.75 Å². The average molecular weight is 463 g/mol. The highest BCUT2D eigenvalue weighted by atomic mass is 35.5. The molecule has 5 rings (SSSR count). The van der Waals surface area contributed by atoms with Crippen molar-refractivity contribution >= 4 is 28.5 Å². The van der Waals surface area contributed by atoms with Crippen LogP contribution in [0.2, 0.25) is 5.02 Å². The summed E-state index contributed by atoms with van der Waals surface area (Å²) in [5, 5.41) is 0.567. The van der Waals surface area contributed by atoms with Gasteiger partial charge in [0.25, 0.3) is 0 Å². The number of hydrogen-bond donors (Lipinski definition) is 1. The summed E-state index contributed by atoms with van der Waals surface area (Å²) in [7, 11) is 0. The molecule has 33 heavy (non-hydrogen) atoms. The summed E-state index contributed by atoms with van der Waals surface area (Å²) in [5.74, 6) is 0.735. The molecule has 0 atom stereocenters. The summed E-state index contributed by atoms with van der Waals surface area (Å²) in [6.07, 6.45) is 3.46. The number of hydrogen-bond acceptors (Lipinski definition) is 5. The van der Waals surface area contributed by atoms with E-state index in [1.165, 1.54) is 24.1 Å². The number of nitrogens with zero attached hydrogens (tertiary/aromatic N) is 3. The Morgan fingerprint density at radius 2 is 1.79 bits per heavy atom. The van der Waals surface area contributed by atoms with Crippen molar-refractivity contribution in [3.8, 4) is 23.0 Å². The molecule has 2 aromatic heterocycles. The second kappa shape index (κ2) is 9.81. The molecule has 0 unspecified atom stereocenters. The quantitative estimate of drug-likeness (QED) is 0.351. The predicted molar refractivity (Wildman–Crippen MR) is 132 cm³/mol. The van der Waals surface area contributed by atoms with Crippen LogP contribution in [0.15, 0.2) is 54.6 Å². The van der Waals surface area contributed by atoms with E-state index in [1.807, 2.05) is 18.2 Å². The van der Waals surface area contributed by atoms with Crippen LogP contribution in [0.5, 0.6) is 11.8 Å². The van der Waals surface area contributed by atoms with Crippen LogP contribution in [0.4, 0.5) is 5.69 Å². The van der Waals surface area contributed by atoms with Crippen LogP contribution in [0, 0.1) is 0 Å². The highest BCUT2D eigenvalue weighted by Gasteiger charge is 2.14. The Bertz CT molecular complexity index is 1220. The number of aromatic amines is 1. The molecule has 170 valence electrons. The second-order valence-corrected chi connectivity index (χ2v) is 8.63. The SMILES string of the molecule is CCCCc1ccc(Oc2nc3nc(-c4ccc(N5CCOCC5)cc4)c(Cl)cc3[nH]2)cc1. The van der Waals surface area contributed by atoms with Crippen LogP contribution in [-0.4, -0.2) is 41.3 Å². The summed E-state index contributed by atoms with van der Waals surface area (Å²) in [4.78, 5) is 14.7. The van der Waals surface area contributed by atoms with E-state index in [-0.39, 0.29) is 0 Å². The van der Waals surface area contributed by atoms with Crippen molar-refractivity contribution < 1.29 is 9.47 Å². The van der Waals surface area contributed by atoms with Crippen LogP contribution >= 0.6 is 11.6 Å². The van der Waals surface area contributed by atoms with Gasteiger partial charge >= 0.3 is 6.01 Å². The third-order valence-electron chi connectivity index (χ3n) is 5.88. The molecule has 1 aliphatic rings. The fourth-order valence-electron chi connectivity index (χ4n) is 4.01. The first-order valence-corrected chi connectivity index (χ1v) is 11.8. The van der Waals surface area contributed by atoms with Gasteiger partial charge in [-0.2, -0.15) is 4.98 Å². The number of morpholine rings is 1. The topological polar surface area (TPSA) is 63.3 Å². The number of ether oxygens (including phenoxy) is 2. The molecule has 0 saturated carbocycles. The normalized spacial score (nSPS) is 14.1. The Labute approximate surface area is 198 Å². The van der Waals surface area contributed by atoms with Crippen molar-refractivity contribution in [1.29, 1.82) is 0 Å². The van der Waals surface area contributed by atoms with Crippen molar-refractivity contribution in [3.05, 3.63) is 65.2 Å². The third-order valence-corrected chi connectivity index (χ3v) is 6.17. The van der Waals surface area contributed by atoms with E-state index < -0.39 is 0 Å². The third kappa shape index (κ3) is 4.97. The first-order chi connectivity index (χ1) is 16.2. The molecular formula is C26H27ClN4O2. The van der Waals surface area contributed by atoms with Gasteiger partial charge in [0, 0.05) is 24.3 Å². The zero-order valence-electron chi connectivity index (χ0n) is 18.7. The Balaban J connectivity index is 1.34. The maximum absolute atomic E-state index is 6.58. The summed E-state index contributed by atoms with van der Waals surface area (Å²) >= 11 is 6.58. The van der Waals surface area contributed by atoms with Gasteiger partial charge in [-0.05, 0) is 48.7 Å². The zero-order valence-corrected chi connectivity index (χ0v) is 19.4. The zero-order chi connectivity index (χ0) is 22.6. The highest BCUT2D eigenvalue weighted by molar-refractivity contribution is 6.33. The van der Waals surface area contributed by atoms with Gasteiger partial charge in [-0.15, -0.1) is 0 Å². The number of pyridine rings is 1. The average Bonchev–Trinajstić information content (AvgIpc) is 3.24. The lowest BCUT2D eigenvalue weighted by atomic mass is 10.1. The minimum absolute atomic E-state index is 0.398. The van der Waals surface area contributed by atoms with Gasteiger partial charge in [-0.3, -0.25) is 0 Å². The lowest BCUT2D eigenvalue weighted by molar-refractivity contribution is 0.122. The number of benzene rings is 2. The van der Waals surface area contributed by atoms with E-state index in [1.54, 1.807) is 0 Å². The van der Waals surface area contributed by atoms with E-state index in [2.05, 4.69) is 58.2 Å². The molecule has 0 aliphatic carbocycles. The first kappa shape index (κ1) is 21.7. The molecular weight excluding hydrogens is 436 g/mol. The van der Waals surface area contributed by atoms with Gasteiger partial charge in [-0.1, -0.05) is 49.2 Å². The summed E-state index contributed by atoms with van der Waals surface area (Å²) < 4.78 is 11.4. The fraction of sp³-hybridized carbons (Fsp3) is 0.308. The molecule has 1 aliphatic heterocycles. The summed E-state index contributed by atoms with van der Waals surface area (Å²) in [6, 6.07) is 18.7. The molecule has 0 radical (unpaired) electrons. The highest BCUT2D eigenvalue weighted by Crippen LogP contribution is 2.31. The number of aromatic nitrogens is 3. The monoisotopic (exact) mass is 462 g/mol. The summed E-state index contributed by atoms with van der Waals surface area (Å²) in [5.41, 5.74) is 5.45. The van der Waals surface area contributed by atoms with Gasteiger partial charge < -0.3 is 19.4 Å². The van der Waals surface area contributed by atoms with Crippen molar-refractivity contribution in [2.75, 3.05) is 31.2 Å². The van der Waals surface area contributed by atoms with Crippen LogP contribution in [-0.2, 0) is 11.2 Å². The number of unbranched alkanes of at least 4 members (excludes halogenated alkanes) is 1. The van der Waals surface area contributed by atoms with Crippen LogP contribution in [0.3, 0.4) is 0 Å². The molecule has 3 heterocycles. The molecule has 1 saturated heterocycles. The number of anilines is 1. The lowest BCUT2D eigenvalue weighted by Crippen LogP contribution is -2.36. The van der Waals surface area contributed by atoms with Crippen molar-refractivity contribution in [2.45, 2.75) is 26.2 Å². The van der Waals surface area contributed by atoms with Gasteiger partial charge in [0.05, 0.1) is 29.4 Å². The Kier molecular flexibility index (Phi) is 6.46. The van der Waals surface area contributed by atoms with E-state index >= 15 is 0 Å². The lowest BCUT2D eigenvalue weighted by Gasteiger charge is -2.28. The predicted octanol–water partition coefficient (Wildman–Crippen LogP) is 6.25. The van der Waals surface area contributed by atoms with E-state index in [9.17, 15) is 0 Å². The molecule has 0 amide bonds. The number of nitrogens with one attached hydrogen (secondary N) is 1. The van der Waals surface area contributed by atoms with Crippen molar-refractivity contribution in [1.82, 2.24) is 15.0 Å². The maximum Gasteiger partial charge on any atom is 0.301 e. The van der Waals surface area contributed by atoms with Gasteiger partial charge in [0.2, 0.25) is 0 Å². The summed E-state index contributed by atoms with van der Waals surface area (Å²) in [6.45, 7) is 5.53. The number of halogens is 1. The van der Waals surface area contributed by atoms with E-state index in [0.29, 0.717) is 22.4 Å².